The van der Waals surface area contributed by atoms with Crippen molar-refractivity contribution in [3.63, 3.8) is 0 Å². The van der Waals surface area contributed by atoms with Crippen LogP contribution in [-0.2, 0) is 48.2 Å². The molecule has 1 fully saturated rings. The maximum Gasteiger partial charge on any atom is 0.186 e. The van der Waals surface area contributed by atoms with Crippen molar-refractivity contribution in [2.24, 2.45) is 0 Å². The number of rotatable bonds is 13. The third-order valence-electron chi connectivity index (χ3n) is 6.12. The Kier molecular flexibility index (Phi) is 10.3. The molecule has 0 bridgehead atoms. The zero-order chi connectivity index (χ0) is 25.9. The van der Waals surface area contributed by atoms with Crippen molar-refractivity contribution in [2.75, 3.05) is 13.7 Å². The normalized spacial score (nSPS) is 23.5. The second-order valence-corrected chi connectivity index (χ2v) is 9.09. The Morgan fingerprint density at radius 1 is 0.703 bits per heavy atom. The van der Waals surface area contributed by atoms with Crippen LogP contribution >= 0.6 is 0 Å². The van der Waals surface area contributed by atoms with Crippen molar-refractivity contribution in [1.29, 1.82) is 0 Å². The average Bonchev–Trinajstić information content (AvgIpc) is 2.93. The molecule has 1 saturated heterocycles. The van der Waals surface area contributed by atoms with Gasteiger partial charge in [-0.25, -0.2) is 0 Å². The van der Waals surface area contributed by atoms with Crippen molar-refractivity contribution in [1.82, 2.24) is 0 Å². The zero-order valence-corrected chi connectivity index (χ0v) is 21.5. The molecule has 0 aromatic heterocycles. The highest BCUT2D eigenvalue weighted by atomic mass is 16.7. The molecule has 1 aliphatic rings. The molecule has 0 unspecified atom stereocenters. The third kappa shape index (κ3) is 7.99. The Morgan fingerprint density at radius 2 is 1.19 bits per heavy atom. The zero-order valence-electron chi connectivity index (χ0n) is 21.5. The Hall–Kier alpha value is -3.00. The molecule has 0 saturated carbocycles. The molecule has 3 aromatic rings. The van der Waals surface area contributed by atoms with Gasteiger partial charge in [0.15, 0.2) is 12.4 Å². The van der Waals surface area contributed by atoms with Crippen molar-refractivity contribution in [3.05, 3.63) is 120 Å². The Morgan fingerprint density at radius 3 is 1.68 bits per heavy atom. The molecule has 0 radical (unpaired) electrons. The van der Waals surface area contributed by atoms with E-state index in [9.17, 15) is 0 Å². The highest BCUT2D eigenvalue weighted by Gasteiger charge is 2.49. The second kappa shape index (κ2) is 14.1. The van der Waals surface area contributed by atoms with Crippen LogP contribution in [-0.4, -0.2) is 44.4 Å². The number of ether oxygens (including phenoxy) is 6. The predicted octanol–water partition coefficient (Wildman–Crippen LogP) is 5.66. The lowest BCUT2D eigenvalue weighted by Gasteiger charge is -2.45. The number of benzene rings is 3. The third-order valence-corrected chi connectivity index (χ3v) is 6.12. The molecular formula is C31H36O6. The van der Waals surface area contributed by atoms with E-state index < -0.39 is 30.7 Å². The van der Waals surface area contributed by atoms with Gasteiger partial charge in [-0.3, -0.25) is 0 Å². The average molecular weight is 505 g/mol. The summed E-state index contributed by atoms with van der Waals surface area (Å²) in [4.78, 5) is 0. The Labute approximate surface area is 219 Å². The van der Waals surface area contributed by atoms with Crippen molar-refractivity contribution in [2.45, 2.75) is 57.5 Å². The highest BCUT2D eigenvalue weighted by Crippen LogP contribution is 2.31. The van der Waals surface area contributed by atoms with Gasteiger partial charge in [-0.05, 0) is 23.6 Å². The van der Waals surface area contributed by atoms with Crippen LogP contribution < -0.4 is 0 Å². The van der Waals surface area contributed by atoms with Crippen LogP contribution in [0.1, 0.15) is 23.6 Å². The lowest BCUT2D eigenvalue weighted by atomic mass is 9.98. The maximum atomic E-state index is 6.50. The van der Waals surface area contributed by atoms with E-state index in [0.717, 1.165) is 16.7 Å². The molecular weight excluding hydrogens is 468 g/mol. The quantitative estimate of drug-likeness (QED) is 0.280. The molecule has 0 N–H and O–H groups in total. The standard InChI is InChI=1S/C31H36O6/c1-23(2)36-28-27(22-33-19-24-13-7-4-8-14-24)37-31(32-3)30(35-21-26-17-11-6-12-18-26)29(28)34-20-25-15-9-5-10-16-25/h4-18,27-31H,1,19-22H2,2-3H3/t27-,28-,29+,30-,31+/m1/s1. The van der Waals surface area contributed by atoms with Gasteiger partial charge in [0.2, 0.25) is 0 Å². The second-order valence-electron chi connectivity index (χ2n) is 9.09. The highest BCUT2D eigenvalue weighted by molar-refractivity contribution is 5.15. The van der Waals surface area contributed by atoms with Crippen LogP contribution in [0.5, 0.6) is 0 Å². The monoisotopic (exact) mass is 504 g/mol. The maximum absolute atomic E-state index is 6.50. The van der Waals surface area contributed by atoms with Crippen molar-refractivity contribution < 1.29 is 28.4 Å². The molecule has 6 nitrogen and oxygen atoms in total. The van der Waals surface area contributed by atoms with Crippen LogP contribution in [0.4, 0.5) is 0 Å². The summed E-state index contributed by atoms with van der Waals surface area (Å²) in [6, 6.07) is 30.0. The smallest absolute Gasteiger partial charge is 0.186 e. The van der Waals surface area contributed by atoms with Gasteiger partial charge in [-0.15, -0.1) is 0 Å². The molecule has 0 amide bonds. The fraction of sp³-hybridized carbons (Fsp3) is 0.355. The van der Waals surface area contributed by atoms with Crippen LogP contribution in [0.25, 0.3) is 0 Å². The molecule has 4 rings (SSSR count). The molecule has 3 aromatic carbocycles. The molecule has 5 atom stereocenters. The number of hydrogen-bond donors (Lipinski definition) is 0. The van der Waals surface area contributed by atoms with Crippen LogP contribution in [0.2, 0.25) is 0 Å². The summed E-state index contributed by atoms with van der Waals surface area (Å²) in [6.07, 6.45) is -2.67. The topological polar surface area (TPSA) is 55.4 Å². The van der Waals surface area contributed by atoms with E-state index >= 15 is 0 Å². The first-order chi connectivity index (χ1) is 18.1. The summed E-state index contributed by atoms with van der Waals surface area (Å²) in [5, 5.41) is 0. The van der Waals surface area contributed by atoms with E-state index in [-0.39, 0.29) is 0 Å². The fourth-order valence-corrected chi connectivity index (χ4v) is 4.34. The summed E-state index contributed by atoms with van der Waals surface area (Å²) in [6.45, 7) is 7.32. The fourth-order valence-electron chi connectivity index (χ4n) is 4.34. The first-order valence-electron chi connectivity index (χ1n) is 12.6. The number of methoxy groups -OCH3 is 1. The van der Waals surface area contributed by atoms with Crippen LogP contribution in [0.15, 0.2) is 103 Å². The van der Waals surface area contributed by atoms with E-state index in [1.165, 1.54) is 0 Å². The molecule has 0 spiro atoms. The minimum absolute atomic E-state index is 0.295. The Balaban J connectivity index is 1.54. The summed E-state index contributed by atoms with van der Waals surface area (Å²) in [5.41, 5.74) is 3.18. The van der Waals surface area contributed by atoms with Gasteiger partial charge < -0.3 is 28.4 Å². The number of hydrogen-bond acceptors (Lipinski definition) is 6. The van der Waals surface area contributed by atoms with E-state index in [0.29, 0.717) is 32.2 Å². The minimum atomic E-state index is -0.667. The van der Waals surface area contributed by atoms with E-state index in [1.807, 2.05) is 97.9 Å². The Bertz CT molecular complexity index is 1060. The first kappa shape index (κ1) is 27.0. The van der Waals surface area contributed by atoms with E-state index in [1.54, 1.807) is 7.11 Å². The molecule has 1 aliphatic heterocycles. The van der Waals surface area contributed by atoms with E-state index in [4.69, 9.17) is 28.4 Å². The van der Waals surface area contributed by atoms with Gasteiger partial charge in [0, 0.05) is 7.11 Å². The minimum Gasteiger partial charge on any atom is -0.490 e. The SMILES string of the molecule is C=C(C)O[C@H]1[C@H](OCc2ccccc2)[C@@H](OCc2ccccc2)[C@@H](OC)O[C@@H]1COCc1ccccc1. The molecule has 0 aliphatic carbocycles. The molecule has 6 heteroatoms. The van der Waals surface area contributed by atoms with Gasteiger partial charge in [0.25, 0.3) is 0 Å². The summed E-state index contributed by atoms with van der Waals surface area (Å²) in [5.74, 6) is 0.563. The predicted molar refractivity (Wildman–Crippen MR) is 141 cm³/mol. The van der Waals surface area contributed by atoms with Gasteiger partial charge in [0.05, 0.1) is 32.2 Å². The lowest BCUT2D eigenvalue weighted by Crippen LogP contribution is -2.61. The summed E-state index contributed by atoms with van der Waals surface area (Å²) in [7, 11) is 1.61. The van der Waals surface area contributed by atoms with Crippen LogP contribution in [0, 0.1) is 0 Å². The summed E-state index contributed by atoms with van der Waals surface area (Å²) >= 11 is 0. The molecule has 37 heavy (non-hydrogen) atoms. The van der Waals surface area contributed by atoms with E-state index in [2.05, 4.69) is 6.58 Å². The molecule has 196 valence electrons. The van der Waals surface area contributed by atoms with Gasteiger partial charge in [0.1, 0.15) is 18.3 Å². The van der Waals surface area contributed by atoms with Gasteiger partial charge in [-0.1, -0.05) is 97.6 Å². The van der Waals surface area contributed by atoms with Crippen molar-refractivity contribution in [3.8, 4) is 0 Å². The number of allylic oxidation sites excluding steroid dienone is 1. The van der Waals surface area contributed by atoms with Crippen molar-refractivity contribution >= 4 is 0 Å². The van der Waals surface area contributed by atoms with Crippen LogP contribution in [0.3, 0.4) is 0 Å². The van der Waals surface area contributed by atoms with Gasteiger partial charge in [-0.2, -0.15) is 0 Å². The lowest BCUT2D eigenvalue weighted by molar-refractivity contribution is -0.317. The largest absolute Gasteiger partial charge is 0.490 e. The molecule has 1 heterocycles. The van der Waals surface area contributed by atoms with Gasteiger partial charge >= 0.3 is 0 Å². The summed E-state index contributed by atoms with van der Waals surface area (Å²) < 4.78 is 37.3. The first-order valence-corrected chi connectivity index (χ1v) is 12.6.